The maximum Gasteiger partial charge on any atom is 0.270 e. The molecule has 1 aromatic heterocycles. The molecular formula is C25H20ClN5O4. The van der Waals surface area contributed by atoms with Gasteiger partial charge < -0.3 is 4.74 Å². The van der Waals surface area contributed by atoms with E-state index >= 15 is 0 Å². The fraction of sp³-hybridized carbons (Fsp3) is 0.160. The number of fused-ring (bicyclic) bond motifs is 1. The molecule has 0 bridgehead atoms. The van der Waals surface area contributed by atoms with Crippen LogP contribution in [0.3, 0.4) is 0 Å². The van der Waals surface area contributed by atoms with Crippen molar-refractivity contribution < 1.29 is 14.5 Å². The number of rotatable bonds is 5. The molecule has 176 valence electrons. The molecule has 0 fully saturated rings. The number of ether oxygens (including phenoxy) is 1. The number of nitro groups is 1. The lowest BCUT2D eigenvalue weighted by Gasteiger charge is -2.39. The van der Waals surface area contributed by atoms with Crippen LogP contribution in [0.15, 0.2) is 79.1 Å². The molecule has 35 heavy (non-hydrogen) atoms. The van der Waals surface area contributed by atoms with Crippen LogP contribution in [-0.4, -0.2) is 32.7 Å². The molecule has 0 spiro atoms. The van der Waals surface area contributed by atoms with E-state index in [0.29, 0.717) is 17.4 Å². The van der Waals surface area contributed by atoms with Crippen molar-refractivity contribution in [2.24, 2.45) is 0 Å². The molecule has 2 atom stereocenters. The second-order valence-corrected chi connectivity index (χ2v) is 8.52. The molecule has 0 saturated heterocycles. The number of carbonyl (C=O) groups excluding carboxylic acids is 1. The number of non-ortho nitro benzene ring substituents is 1. The number of hydrogen-bond donors (Lipinski definition) is 0. The second-order valence-electron chi connectivity index (χ2n) is 8.08. The largest absolute Gasteiger partial charge is 0.497 e. The molecule has 2 heterocycles. The summed E-state index contributed by atoms with van der Waals surface area (Å²) in [6.45, 7) is 0. The first-order chi connectivity index (χ1) is 17.0. The first-order valence-corrected chi connectivity index (χ1v) is 11.2. The zero-order chi connectivity index (χ0) is 24.5. The lowest BCUT2D eigenvalue weighted by molar-refractivity contribution is -0.384. The summed E-state index contributed by atoms with van der Waals surface area (Å²) in [7, 11) is 1.61. The van der Waals surface area contributed by atoms with Crippen LogP contribution in [-0.2, 0) is 0 Å². The summed E-state index contributed by atoms with van der Waals surface area (Å²) in [6.07, 6.45) is 1.91. The van der Waals surface area contributed by atoms with Gasteiger partial charge in [-0.2, -0.15) is 10.1 Å². The topological polar surface area (TPSA) is 103 Å². The van der Waals surface area contributed by atoms with Gasteiger partial charge in [0.2, 0.25) is 5.95 Å². The van der Waals surface area contributed by atoms with E-state index in [1.807, 2.05) is 36.4 Å². The molecule has 1 aliphatic rings. The number of carbonyl (C=O) groups is 1. The minimum absolute atomic E-state index is 0.159. The fourth-order valence-electron chi connectivity index (χ4n) is 4.39. The number of methoxy groups -OCH3 is 1. The zero-order valence-corrected chi connectivity index (χ0v) is 19.4. The van der Waals surface area contributed by atoms with E-state index < -0.39 is 16.9 Å². The average Bonchev–Trinajstić information content (AvgIpc) is 3.38. The number of hydrogen-bond acceptors (Lipinski definition) is 6. The Balaban J connectivity index is 1.63. The van der Waals surface area contributed by atoms with Crippen LogP contribution >= 0.6 is 11.6 Å². The van der Waals surface area contributed by atoms with E-state index in [9.17, 15) is 14.9 Å². The first kappa shape index (κ1) is 22.5. The van der Waals surface area contributed by atoms with Gasteiger partial charge in [0.25, 0.3) is 11.6 Å². The quantitative estimate of drug-likeness (QED) is 0.281. The molecule has 0 N–H and O–H groups in total. The van der Waals surface area contributed by atoms with Gasteiger partial charge in [0.1, 0.15) is 12.1 Å². The van der Waals surface area contributed by atoms with E-state index in [1.54, 1.807) is 34.9 Å². The SMILES string of the molecule is COc1ccc([C@H]2C[C@H](c3ccc(Cl)cc3)N(C(=O)c3cccc([N+](=O)[O-])c3)c3ncnn32)cc1. The van der Waals surface area contributed by atoms with Crippen molar-refractivity contribution in [3.8, 4) is 5.75 Å². The Hall–Kier alpha value is -4.24. The predicted molar refractivity (Wildman–Crippen MR) is 130 cm³/mol. The van der Waals surface area contributed by atoms with Gasteiger partial charge in [-0.3, -0.25) is 19.8 Å². The number of anilines is 1. The molecule has 1 aliphatic heterocycles. The minimum Gasteiger partial charge on any atom is -0.497 e. The Kier molecular flexibility index (Phi) is 5.92. The van der Waals surface area contributed by atoms with Gasteiger partial charge in [0, 0.05) is 22.7 Å². The standard InChI is InChI=1S/C25H20ClN5O4/c1-35-21-11-7-17(8-12-21)23-14-22(16-5-9-19(26)10-6-16)29(25-27-15-28-30(23)25)24(32)18-3-2-4-20(13-18)31(33)34/h2-13,15,22-23H,14H2,1H3/t22-,23-/m1/s1. The van der Waals surface area contributed by atoms with Crippen LogP contribution in [0.5, 0.6) is 5.75 Å². The number of nitro benzene ring substituents is 1. The summed E-state index contributed by atoms with van der Waals surface area (Å²) in [4.78, 5) is 30.5. The van der Waals surface area contributed by atoms with Crippen LogP contribution in [0.1, 0.15) is 40.0 Å². The van der Waals surface area contributed by atoms with Gasteiger partial charge in [-0.15, -0.1) is 0 Å². The highest BCUT2D eigenvalue weighted by molar-refractivity contribution is 6.30. The molecular weight excluding hydrogens is 470 g/mol. The molecule has 3 aromatic carbocycles. The molecule has 0 aliphatic carbocycles. The van der Waals surface area contributed by atoms with E-state index in [2.05, 4.69) is 10.1 Å². The lowest BCUT2D eigenvalue weighted by Crippen LogP contribution is -2.42. The van der Waals surface area contributed by atoms with Crippen molar-refractivity contribution in [1.82, 2.24) is 14.8 Å². The Morgan fingerprint density at radius 2 is 1.74 bits per heavy atom. The second kappa shape index (κ2) is 9.19. The third-order valence-electron chi connectivity index (χ3n) is 6.10. The number of nitrogens with zero attached hydrogens (tertiary/aromatic N) is 5. The lowest BCUT2D eigenvalue weighted by atomic mass is 9.91. The van der Waals surface area contributed by atoms with Crippen LogP contribution in [0.2, 0.25) is 5.02 Å². The van der Waals surface area contributed by atoms with Gasteiger partial charge in [0.05, 0.1) is 24.1 Å². The van der Waals surface area contributed by atoms with E-state index in [-0.39, 0.29) is 17.3 Å². The Labute approximate surface area is 205 Å². The van der Waals surface area contributed by atoms with Crippen molar-refractivity contribution in [2.75, 3.05) is 12.0 Å². The van der Waals surface area contributed by atoms with Gasteiger partial charge in [0.15, 0.2) is 0 Å². The van der Waals surface area contributed by atoms with E-state index in [0.717, 1.165) is 16.9 Å². The molecule has 10 heteroatoms. The normalized spacial score (nSPS) is 17.0. The third-order valence-corrected chi connectivity index (χ3v) is 6.35. The van der Waals surface area contributed by atoms with Crippen molar-refractivity contribution in [1.29, 1.82) is 0 Å². The molecule has 9 nitrogen and oxygen atoms in total. The maximum atomic E-state index is 13.8. The van der Waals surface area contributed by atoms with Gasteiger partial charge in [-0.25, -0.2) is 4.68 Å². The van der Waals surface area contributed by atoms with E-state index in [4.69, 9.17) is 16.3 Å². The monoisotopic (exact) mass is 489 g/mol. The summed E-state index contributed by atoms with van der Waals surface area (Å²) in [5, 5.41) is 16.3. The predicted octanol–water partition coefficient (Wildman–Crippen LogP) is 5.23. The fourth-order valence-corrected chi connectivity index (χ4v) is 4.52. The van der Waals surface area contributed by atoms with Gasteiger partial charge >= 0.3 is 0 Å². The van der Waals surface area contributed by atoms with Crippen molar-refractivity contribution in [3.05, 3.63) is 111 Å². The average molecular weight is 490 g/mol. The summed E-state index contributed by atoms with van der Waals surface area (Å²) in [5.74, 6) is 0.685. The molecule has 0 unspecified atom stereocenters. The summed E-state index contributed by atoms with van der Waals surface area (Å²) in [6, 6.07) is 20.0. The number of aromatic nitrogens is 3. The Bertz CT molecular complexity index is 1390. The Morgan fingerprint density at radius 3 is 2.43 bits per heavy atom. The number of halogens is 1. The van der Waals surface area contributed by atoms with Crippen LogP contribution in [0.25, 0.3) is 0 Å². The van der Waals surface area contributed by atoms with Crippen LogP contribution < -0.4 is 9.64 Å². The smallest absolute Gasteiger partial charge is 0.270 e. The number of amides is 1. The summed E-state index contributed by atoms with van der Waals surface area (Å²) < 4.78 is 7.00. The van der Waals surface area contributed by atoms with Gasteiger partial charge in [-0.1, -0.05) is 41.9 Å². The zero-order valence-electron chi connectivity index (χ0n) is 18.6. The van der Waals surface area contributed by atoms with Crippen LogP contribution in [0, 0.1) is 10.1 Å². The first-order valence-electron chi connectivity index (χ1n) is 10.8. The van der Waals surface area contributed by atoms with Gasteiger partial charge in [-0.05, 0) is 47.9 Å². The molecule has 0 saturated carbocycles. The number of benzene rings is 3. The summed E-state index contributed by atoms with van der Waals surface area (Å²) in [5.41, 5.74) is 1.88. The molecule has 1 amide bonds. The van der Waals surface area contributed by atoms with E-state index in [1.165, 1.54) is 24.5 Å². The van der Waals surface area contributed by atoms with Crippen molar-refractivity contribution in [3.63, 3.8) is 0 Å². The highest BCUT2D eigenvalue weighted by atomic mass is 35.5. The summed E-state index contributed by atoms with van der Waals surface area (Å²) >= 11 is 6.13. The van der Waals surface area contributed by atoms with Crippen LogP contribution in [0.4, 0.5) is 11.6 Å². The highest BCUT2D eigenvalue weighted by Crippen LogP contribution is 2.43. The molecule has 4 aromatic rings. The van der Waals surface area contributed by atoms with Crippen molar-refractivity contribution in [2.45, 2.75) is 18.5 Å². The maximum absolute atomic E-state index is 13.8. The third kappa shape index (κ3) is 4.22. The van der Waals surface area contributed by atoms with Crippen molar-refractivity contribution >= 4 is 29.1 Å². The molecule has 5 rings (SSSR count). The Morgan fingerprint density at radius 1 is 1.06 bits per heavy atom. The minimum atomic E-state index is -0.522. The highest BCUT2D eigenvalue weighted by Gasteiger charge is 2.40. The molecule has 0 radical (unpaired) electrons.